The molecule has 1 fully saturated rings. The molecule has 0 spiro atoms. The van der Waals surface area contributed by atoms with Crippen LogP contribution in [0.15, 0.2) is 0 Å². The zero-order valence-electron chi connectivity index (χ0n) is 8.44. The Bertz CT molecular complexity index is 243. The van der Waals surface area contributed by atoms with Gasteiger partial charge >= 0.3 is 6.09 Å². The number of ether oxygens (including phenoxy) is 1. The van der Waals surface area contributed by atoms with E-state index in [-0.39, 0.29) is 24.5 Å². The summed E-state index contributed by atoms with van der Waals surface area (Å²) in [5, 5.41) is 3.68. The fraction of sp³-hybridized carbons (Fsp3) is 0.750. The van der Waals surface area contributed by atoms with Gasteiger partial charge in [-0.1, -0.05) is 6.92 Å². The first-order valence-corrected chi connectivity index (χ1v) is 4.31. The maximum atomic E-state index is 11.6. The molecule has 2 atom stereocenters. The van der Waals surface area contributed by atoms with Crippen molar-refractivity contribution in [2.45, 2.75) is 13.0 Å². The molecule has 0 saturated carbocycles. The number of carbonyl (C=O) groups excluding carboxylic acids is 2. The minimum absolute atomic E-state index is 0.191. The number of nitrogens with one attached hydrogen (secondary N) is 1. The topological polar surface area (TPSA) is 67.9 Å². The lowest BCUT2D eigenvalue weighted by Gasteiger charge is -2.21. The highest BCUT2D eigenvalue weighted by Gasteiger charge is 2.33. The van der Waals surface area contributed by atoms with Crippen molar-refractivity contribution in [2.24, 2.45) is 5.92 Å². The molecule has 0 aliphatic carbocycles. The fourth-order valence-electron chi connectivity index (χ4n) is 1.22. The Kier molecular flexibility index (Phi) is 3.29. The lowest BCUT2D eigenvalue weighted by Crippen LogP contribution is -2.42. The number of alkyl carbamates (subject to hydrolysis) is 1. The Morgan fingerprint density at radius 1 is 1.79 bits per heavy atom. The zero-order valence-corrected chi connectivity index (χ0v) is 8.44. The first-order valence-electron chi connectivity index (χ1n) is 4.31. The smallest absolute Gasteiger partial charge is 0.407 e. The summed E-state index contributed by atoms with van der Waals surface area (Å²) >= 11 is 0. The van der Waals surface area contributed by atoms with E-state index >= 15 is 0 Å². The minimum Gasteiger partial charge on any atom is -0.447 e. The highest BCUT2D eigenvalue weighted by molar-refractivity contribution is 5.79. The third-order valence-corrected chi connectivity index (χ3v) is 2.27. The van der Waals surface area contributed by atoms with Crippen molar-refractivity contribution in [1.82, 2.24) is 10.4 Å². The second kappa shape index (κ2) is 4.28. The van der Waals surface area contributed by atoms with Gasteiger partial charge in [0.1, 0.15) is 6.61 Å². The molecular formula is C8H14N2O4. The Hall–Kier alpha value is -1.30. The van der Waals surface area contributed by atoms with Gasteiger partial charge in [0.2, 0.25) is 0 Å². The summed E-state index contributed by atoms with van der Waals surface area (Å²) in [4.78, 5) is 27.0. The minimum atomic E-state index is -0.477. The van der Waals surface area contributed by atoms with Crippen LogP contribution in [-0.4, -0.2) is 43.9 Å². The molecule has 0 radical (unpaired) electrons. The molecule has 2 amide bonds. The Morgan fingerprint density at radius 3 is 2.86 bits per heavy atom. The number of amides is 2. The van der Waals surface area contributed by atoms with Crippen LogP contribution in [0.25, 0.3) is 0 Å². The van der Waals surface area contributed by atoms with Crippen molar-refractivity contribution in [3.63, 3.8) is 0 Å². The van der Waals surface area contributed by atoms with E-state index in [1.807, 2.05) is 0 Å². The summed E-state index contributed by atoms with van der Waals surface area (Å²) in [7, 11) is 2.94. The van der Waals surface area contributed by atoms with Gasteiger partial charge in [-0.25, -0.2) is 9.86 Å². The molecule has 1 heterocycles. The summed E-state index contributed by atoms with van der Waals surface area (Å²) in [6.07, 6.45) is -0.477. The van der Waals surface area contributed by atoms with Crippen LogP contribution in [0.3, 0.4) is 0 Å². The van der Waals surface area contributed by atoms with Crippen LogP contribution in [0, 0.1) is 5.92 Å². The fourth-order valence-corrected chi connectivity index (χ4v) is 1.22. The van der Waals surface area contributed by atoms with Gasteiger partial charge in [-0.05, 0) is 0 Å². The predicted molar refractivity (Wildman–Crippen MR) is 47.2 cm³/mol. The number of carbonyl (C=O) groups is 2. The molecule has 0 aromatic carbocycles. The summed E-state index contributed by atoms with van der Waals surface area (Å²) in [5.41, 5.74) is 0. The van der Waals surface area contributed by atoms with E-state index in [1.54, 1.807) is 6.92 Å². The molecule has 0 aromatic heterocycles. The largest absolute Gasteiger partial charge is 0.447 e. The van der Waals surface area contributed by atoms with Gasteiger partial charge in [-0.15, -0.1) is 0 Å². The molecule has 1 N–H and O–H groups in total. The second-order valence-electron chi connectivity index (χ2n) is 3.16. The maximum absolute atomic E-state index is 11.6. The van der Waals surface area contributed by atoms with Gasteiger partial charge in [0, 0.05) is 7.05 Å². The first-order chi connectivity index (χ1) is 6.56. The van der Waals surface area contributed by atoms with Gasteiger partial charge in [0.25, 0.3) is 5.91 Å². The molecule has 1 rings (SSSR count). The molecular weight excluding hydrogens is 188 g/mol. The van der Waals surface area contributed by atoms with E-state index < -0.39 is 6.09 Å². The van der Waals surface area contributed by atoms with Gasteiger partial charge < -0.3 is 10.1 Å². The number of cyclic esters (lactones) is 1. The van der Waals surface area contributed by atoms with Crippen molar-refractivity contribution in [3.8, 4) is 0 Å². The molecule has 1 saturated heterocycles. The number of hydrogen-bond donors (Lipinski definition) is 1. The quantitative estimate of drug-likeness (QED) is 0.641. The summed E-state index contributed by atoms with van der Waals surface area (Å²) in [6.45, 7) is 1.95. The van der Waals surface area contributed by atoms with E-state index in [4.69, 9.17) is 4.84 Å². The average Bonchev–Trinajstić information content (AvgIpc) is 2.61. The van der Waals surface area contributed by atoms with E-state index in [0.717, 1.165) is 5.06 Å². The second-order valence-corrected chi connectivity index (χ2v) is 3.16. The van der Waals surface area contributed by atoms with E-state index in [9.17, 15) is 9.59 Å². The molecule has 2 unspecified atom stereocenters. The van der Waals surface area contributed by atoms with Gasteiger partial charge in [0.15, 0.2) is 0 Å². The normalized spacial score (nSPS) is 22.5. The van der Waals surface area contributed by atoms with E-state index in [2.05, 4.69) is 10.1 Å². The van der Waals surface area contributed by atoms with Crippen molar-refractivity contribution in [2.75, 3.05) is 20.8 Å². The number of rotatable bonds is 3. The summed E-state index contributed by atoms with van der Waals surface area (Å²) in [5.74, 6) is -0.547. The molecule has 1 aliphatic rings. The van der Waals surface area contributed by atoms with Crippen LogP contribution < -0.4 is 5.32 Å². The van der Waals surface area contributed by atoms with Crippen molar-refractivity contribution < 1.29 is 19.2 Å². The molecule has 0 aromatic rings. The Labute approximate surface area is 82.1 Å². The highest BCUT2D eigenvalue weighted by atomic mass is 16.7. The van der Waals surface area contributed by atoms with Gasteiger partial charge in [-0.2, -0.15) is 0 Å². The number of hydrogen-bond acceptors (Lipinski definition) is 4. The van der Waals surface area contributed by atoms with E-state index in [1.165, 1.54) is 14.2 Å². The van der Waals surface area contributed by atoms with Crippen molar-refractivity contribution in [3.05, 3.63) is 0 Å². The van der Waals surface area contributed by atoms with Crippen LogP contribution in [0.2, 0.25) is 0 Å². The van der Waals surface area contributed by atoms with Crippen LogP contribution in [0.5, 0.6) is 0 Å². The summed E-state index contributed by atoms with van der Waals surface area (Å²) < 4.78 is 4.69. The van der Waals surface area contributed by atoms with Crippen LogP contribution in [0.1, 0.15) is 6.92 Å². The van der Waals surface area contributed by atoms with Gasteiger partial charge in [-0.3, -0.25) is 9.63 Å². The zero-order chi connectivity index (χ0) is 10.7. The van der Waals surface area contributed by atoms with Crippen LogP contribution >= 0.6 is 0 Å². The summed E-state index contributed by atoms with van der Waals surface area (Å²) in [6, 6.07) is -0.271. The number of nitrogens with zero attached hydrogens (tertiary/aromatic N) is 1. The van der Waals surface area contributed by atoms with E-state index in [0.29, 0.717) is 0 Å². The SMILES string of the molecule is CON(C)C(=O)C(C)C1COC(=O)N1. The molecule has 1 aliphatic heterocycles. The van der Waals surface area contributed by atoms with Crippen molar-refractivity contribution >= 4 is 12.0 Å². The van der Waals surface area contributed by atoms with Crippen LogP contribution in [0.4, 0.5) is 4.79 Å². The van der Waals surface area contributed by atoms with Crippen LogP contribution in [-0.2, 0) is 14.4 Å². The monoisotopic (exact) mass is 202 g/mol. The average molecular weight is 202 g/mol. The molecule has 0 bridgehead atoms. The maximum Gasteiger partial charge on any atom is 0.407 e. The first kappa shape index (κ1) is 10.8. The Balaban J connectivity index is 2.52. The standard InChI is InChI=1S/C8H14N2O4/c1-5(7(11)10(2)13-3)6-4-14-8(12)9-6/h5-6H,4H2,1-3H3,(H,9,12). The molecule has 6 nitrogen and oxygen atoms in total. The predicted octanol–water partition coefficient (Wildman–Crippen LogP) is -0.249. The molecule has 80 valence electrons. The number of hydroxylamine groups is 2. The molecule has 14 heavy (non-hydrogen) atoms. The third kappa shape index (κ3) is 2.14. The lowest BCUT2D eigenvalue weighted by atomic mass is 10.0. The Morgan fingerprint density at radius 2 is 2.43 bits per heavy atom. The lowest BCUT2D eigenvalue weighted by molar-refractivity contribution is -0.173. The molecule has 6 heteroatoms. The third-order valence-electron chi connectivity index (χ3n) is 2.27. The highest BCUT2D eigenvalue weighted by Crippen LogP contribution is 2.11. The van der Waals surface area contributed by atoms with Crippen molar-refractivity contribution in [1.29, 1.82) is 0 Å². The van der Waals surface area contributed by atoms with Gasteiger partial charge in [0.05, 0.1) is 19.1 Å².